The van der Waals surface area contributed by atoms with Crippen LogP contribution < -0.4 is 10.0 Å². The molecule has 0 bridgehead atoms. The largest absolute Gasteiger partial charge is 0.326 e. The Bertz CT molecular complexity index is 864. The first-order chi connectivity index (χ1) is 11.6. The molecule has 0 aromatic heterocycles. The maximum Gasteiger partial charge on any atom is 0.226 e. The van der Waals surface area contributed by atoms with Crippen molar-refractivity contribution in [3.05, 3.63) is 65.0 Å². The number of benzene rings is 2. The molecule has 2 aromatic carbocycles. The maximum absolute atomic E-state index is 13.1. The molecule has 0 radical (unpaired) electrons. The highest BCUT2D eigenvalue weighted by Crippen LogP contribution is 2.20. The lowest BCUT2D eigenvalue weighted by Crippen LogP contribution is -2.30. The average molecular weight is 364 g/mol. The number of carbonyl (C=O) groups excluding carboxylic acids is 1. The molecule has 0 spiro atoms. The van der Waals surface area contributed by atoms with Crippen LogP contribution in [-0.2, 0) is 14.8 Å². The zero-order chi connectivity index (χ0) is 18.6. The molecular weight excluding hydrogens is 343 g/mol. The second-order valence-electron chi connectivity index (χ2n) is 6.05. The molecule has 2 N–H and O–H groups in total. The monoisotopic (exact) mass is 364 g/mol. The van der Waals surface area contributed by atoms with Gasteiger partial charge in [0.25, 0.3) is 0 Å². The van der Waals surface area contributed by atoms with Crippen LogP contribution in [0.25, 0.3) is 0 Å². The molecular formula is C18H21FN2O3S. The summed E-state index contributed by atoms with van der Waals surface area (Å²) < 4.78 is 38.7. The minimum atomic E-state index is -3.54. The molecule has 1 atom stereocenters. The third-order valence-corrected chi connectivity index (χ3v) is 4.52. The molecule has 5 nitrogen and oxygen atoms in total. The highest BCUT2D eigenvalue weighted by molar-refractivity contribution is 7.88. The first kappa shape index (κ1) is 19.1. The molecule has 0 heterocycles. The molecule has 0 unspecified atom stereocenters. The Labute approximate surface area is 147 Å². The van der Waals surface area contributed by atoms with Crippen LogP contribution in [0.5, 0.6) is 0 Å². The Morgan fingerprint density at radius 2 is 1.72 bits per heavy atom. The number of carbonyl (C=O) groups is 1. The second kappa shape index (κ2) is 7.76. The Hall–Kier alpha value is -2.25. The van der Waals surface area contributed by atoms with Crippen LogP contribution in [0.2, 0.25) is 0 Å². The van der Waals surface area contributed by atoms with E-state index in [1.165, 1.54) is 24.3 Å². The summed E-state index contributed by atoms with van der Waals surface area (Å²) in [6.07, 6.45) is 0.913. The molecule has 0 aliphatic heterocycles. The van der Waals surface area contributed by atoms with Gasteiger partial charge >= 0.3 is 0 Å². The van der Waals surface area contributed by atoms with E-state index in [1.807, 2.05) is 26.0 Å². The van der Waals surface area contributed by atoms with Gasteiger partial charge in [0, 0.05) is 12.1 Å². The van der Waals surface area contributed by atoms with E-state index < -0.39 is 21.9 Å². The van der Waals surface area contributed by atoms with E-state index in [1.54, 1.807) is 6.07 Å². The molecule has 7 heteroatoms. The van der Waals surface area contributed by atoms with Crippen LogP contribution in [0.3, 0.4) is 0 Å². The number of nitrogens with one attached hydrogen (secondary N) is 2. The molecule has 0 aliphatic rings. The van der Waals surface area contributed by atoms with Crippen molar-refractivity contribution in [1.82, 2.24) is 4.72 Å². The first-order valence-corrected chi connectivity index (χ1v) is 9.63. The summed E-state index contributed by atoms with van der Waals surface area (Å²) in [7, 11) is -3.54. The van der Waals surface area contributed by atoms with Crippen LogP contribution in [0.1, 0.15) is 29.2 Å². The molecule has 2 aromatic rings. The van der Waals surface area contributed by atoms with Crippen molar-refractivity contribution < 1.29 is 17.6 Å². The normalized spacial score (nSPS) is 12.6. The van der Waals surface area contributed by atoms with Crippen molar-refractivity contribution in [3.8, 4) is 0 Å². The number of halogens is 1. The number of hydrogen-bond donors (Lipinski definition) is 2. The van der Waals surface area contributed by atoms with Crippen molar-refractivity contribution in [2.24, 2.45) is 0 Å². The lowest BCUT2D eigenvalue weighted by molar-refractivity contribution is -0.116. The first-order valence-electron chi connectivity index (χ1n) is 7.74. The maximum atomic E-state index is 13.1. The van der Waals surface area contributed by atoms with Gasteiger partial charge in [-0.1, -0.05) is 18.2 Å². The summed E-state index contributed by atoms with van der Waals surface area (Å²) in [6, 6.07) is 10.1. The molecule has 0 fully saturated rings. The van der Waals surface area contributed by atoms with E-state index in [0.717, 1.165) is 17.4 Å². The van der Waals surface area contributed by atoms with Crippen molar-refractivity contribution >= 4 is 21.6 Å². The molecule has 25 heavy (non-hydrogen) atoms. The fraction of sp³-hybridized carbons (Fsp3) is 0.278. The van der Waals surface area contributed by atoms with Crippen molar-refractivity contribution in [3.63, 3.8) is 0 Å². The molecule has 0 saturated heterocycles. The SMILES string of the molecule is Cc1ccc(NC(=O)C[C@@H](NS(C)(=O)=O)c2ccc(F)cc2)cc1C. The standard InChI is InChI=1S/C18H21FN2O3S/c1-12-4-9-16(10-13(12)2)20-18(22)11-17(21-25(3,23)24)14-5-7-15(19)8-6-14/h4-10,17,21H,11H2,1-3H3,(H,20,22)/t17-/m1/s1. The third kappa shape index (κ3) is 5.95. The van der Waals surface area contributed by atoms with Crippen LogP contribution >= 0.6 is 0 Å². The van der Waals surface area contributed by atoms with Gasteiger partial charge in [-0.05, 0) is 54.8 Å². The lowest BCUT2D eigenvalue weighted by atomic mass is 10.0. The quantitative estimate of drug-likeness (QED) is 0.827. The number of amides is 1. The van der Waals surface area contributed by atoms with E-state index in [2.05, 4.69) is 10.0 Å². The number of hydrogen-bond acceptors (Lipinski definition) is 3. The molecule has 0 aliphatic carbocycles. The van der Waals surface area contributed by atoms with Crippen LogP contribution in [0, 0.1) is 19.7 Å². The summed E-state index contributed by atoms with van der Waals surface area (Å²) in [6.45, 7) is 3.92. The fourth-order valence-corrected chi connectivity index (χ4v) is 3.13. The number of aryl methyl sites for hydroxylation is 2. The van der Waals surface area contributed by atoms with E-state index >= 15 is 0 Å². The lowest BCUT2D eigenvalue weighted by Gasteiger charge is -2.18. The summed E-state index contributed by atoms with van der Waals surface area (Å²) >= 11 is 0. The highest BCUT2D eigenvalue weighted by atomic mass is 32.2. The summed E-state index contributed by atoms with van der Waals surface area (Å²) in [5.41, 5.74) is 3.32. The number of rotatable bonds is 6. The third-order valence-electron chi connectivity index (χ3n) is 3.81. The predicted octanol–water partition coefficient (Wildman–Crippen LogP) is 3.06. The van der Waals surface area contributed by atoms with Crippen molar-refractivity contribution in [2.45, 2.75) is 26.3 Å². The minimum absolute atomic E-state index is 0.106. The Balaban J connectivity index is 2.16. The van der Waals surface area contributed by atoms with Gasteiger partial charge < -0.3 is 5.32 Å². The predicted molar refractivity (Wildman–Crippen MR) is 96.3 cm³/mol. The van der Waals surface area contributed by atoms with Crippen LogP contribution in [-0.4, -0.2) is 20.6 Å². The summed E-state index contributed by atoms with van der Waals surface area (Å²) in [5, 5.41) is 2.76. The van der Waals surface area contributed by atoms with Gasteiger partial charge in [0.15, 0.2) is 0 Å². The minimum Gasteiger partial charge on any atom is -0.326 e. The van der Waals surface area contributed by atoms with Crippen molar-refractivity contribution in [1.29, 1.82) is 0 Å². The van der Waals surface area contributed by atoms with E-state index in [-0.39, 0.29) is 12.3 Å². The average Bonchev–Trinajstić information content (AvgIpc) is 2.49. The van der Waals surface area contributed by atoms with E-state index in [0.29, 0.717) is 11.3 Å². The highest BCUT2D eigenvalue weighted by Gasteiger charge is 2.20. The van der Waals surface area contributed by atoms with Gasteiger partial charge in [-0.3, -0.25) is 4.79 Å². The van der Waals surface area contributed by atoms with E-state index in [4.69, 9.17) is 0 Å². The zero-order valence-electron chi connectivity index (χ0n) is 14.3. The zero-order valence-corrected chi connectivity index (χ0v) is 15.2. The molecule has 134 valence electrons. The smallest absolute Gasteiger partial charge is 0.226 e. The Morgan fingerprint density at radius 3 is 2.28 bits per heavy atom. The second-order valence-corrected chi connectivity index (χ2v) is 7.83. The van der Waals surface area contributed by atoms with Gasteiger partial charge in [0.2, 0.25) is 15.9 Å². The Kier molecular flexibility index (Phi) is 5.92. The molecule has 2 rings (SSSR count). The Morgan fingerprint density at radius 1 is 1.08 bits per heavy atom. The van der Waals surface area contributed by atoms with Crippen LogP contribution in [0.15, 0.2) is 42.5 Å². The van der Waals surface area contributed by atoms with Gasteiger partial charge in [-0.25, -0.2) is 17.5 Å². The number of sulfonamides is 1. The molecule has 1 amide bonds. The van der Waals surface area contributed by atoms with Crippen LogP contribution in [0.4, 0.5) is 10.1 Å². The molecule has 0 saturated carbocycles. The summed E-state index contributed by atoms with van der Waals surface area (Å²) in [4.78, 5) is 12.3. The summed E-state index contributed by atoms with van der Waals surface area (Å²) in [5.74, 6) is -0.768. The fourth-order valence-electron chi connectivity index (χ4n) is 2.40. The number of anilines is 1. The van der Waals surface area contributed by atoms with Gasteiger partial charge in [-0.15, -0.1) is 0 Å². The van der Waals surface area contributed by atoms with Gasteiger partial charge in [-0.2, -0.15) is 0 Å². The topological polar surface area (TPSA) is 75.3 Å². The van der Waals surface area contributed by atoms with Crippen molar-refractivity contribution in [2.75, 3.05) is 11.6 Å². The van der Waals surface area contributed by atoms with E-state index in [9.17, 15) is 17.6 Å². The van der Waals surface area contributed by atoms with Gasteiger partial charge in [0.1, 0.15) is 5.82 Å². The van der Waals surface area contributed by atoms with Gasteiger partial charge in [0.05, 0.1) is 12.3 Å².